The van der Waals surface area contributed by atoms with Gasteiger partial charge in [0.1, 0.15) is 29.6 Å². The maximum Gasteiger partial charge on any atom is 0.163 e. The SMILES string of the molecule is CC(C)C(CC=O)c1nnc2cc(-c3ccnc(Nc4ccnn4C)c3)cc(N(C)C)n12. The second-order valence-electron chi connectivity index (χ2n) is 8.40. The fourth-order valence-electron chi connectivity index (χ4n) is 3.84. The van der Waals surface area contributed by atoms with Crippen molar-refractivity contribution >= 4 is 29.4 Å². The molecule has 166 valence electrons. The zero-order chi connectivity index (χ0) is 22.8. The molecule has 0 aliphatic heterocycles. The highest BCUT2D eigenvalue weighted by Crippen LogP contribution is 2.32. The van der Waals surface area contributed by atoms with E-state index in [-0.39, 0.29) is 11.8 Å². The first-order valence-electron chi connectivity index (χ1n) is 10.6. The van der Waals surface area contributed by atoms with E-state index in [0.717, 1.165) is 46.3 Å². The highest BCUT2D eigenvalue weighted by Gasteiger charge is 2.24. The fraction of sp³-hybridized carbons (Fsp3) is 0.348. The number of nitrogens with one attached hydrogen (secondary N) is 1. The van der Waals surface area contributed by atoms with Crippen LogP contribution in [0.2, 0.25) is 0 Å². The number of hydrogen-bond acceptors (Lipinski definition) is 7. The summed E-state index contributed by atoms with van der Waals surface area (Å²) in [4.78, 5) is 17.8. The van der Waals surface area contributed by atoms with Crippen molar-refractivity contribution in [1.29, 1.82) is 0 Å². The van der Waals surface area contributed by atoms with Crippen LogP contribution in [0.4, 0.5) is 17.5 Å². The topological polar surface area (TPSA) is 93.2 Å². The lowest BCUT2D eigenvalue weighted by Gasteiger charge is -2.21. The van der Waals surface area contributed by atoms with Crippen LogP contribution in [0.25, 0.3) is 16.8 Å². The predicted molar refractivity (Wildman–Crippen MR) is 125 cm³/mol. The summed E-state index contributed by atoms with van der Waals surface area (Å²) in [7, 11) is 5.87. The van der Waals surface area contributed by atoms with E-state index in [2.05, 4.69) is 45.5 Å². The number of hydrogen-bond donors (Lipinski definition) is 1. The average Bonchev–Trinajstić information content (AvgIpc) is 3.37. The molecule has 0 amide bonds. The van der Waals surface area contributed by atoms with Crippen LogP contribution >= 0.6 is 0 Å². The van der Waals surface area contributed by atoms with Crippen LogP contribution in [0.1, 0.15) is 32.0 Å². The van der Waals surface area contributed by atoms with Crippen molar-refractivity contribution in [2.75, 3.05) is 24.3 Å². The highest BCUT2D eigenvalue weighted by molar-refractivity contribution is 5.74. The molecule has 1 unspecified atom stereocenters. The second-order valence-corrected chi connectivity index (χ2v) is 8.40. The first kappa shape index (κ1) is 21.5. The summed E-state index contributed by atoms with van der Waals surface area (Å²) in [5, 5.41) is 16.4. The van der Waals surface area contributed by atoms with Crippen LogP contribution < -0.4 is 10.2 Å². The summed E-state index contributed by atoms with van der Waals surface area (Å²) >= 11 is 0. The standard InChI is InChI=1S/C23H28N8O/c1-15(2)18(8-11-32)23-28-27-21-13-17(14-22(29(3)4)31(21)23)16-6-9-24-19(12-16)26-20-7-10-25-30(20)5/h6-7,9-15,18H,8H2,1-5H3,(H,24,26). The van der Waals surface area contributed by atoms with Crippen molar-refractivity contribution in [2.24, 2.45) is 13.0 Å². The monoisotopic (exact) mass is 432 g/mol. The molecule has 4 heterocycles. The first-order valence-corrected chi connectivity index (χ1v) is 10.6. The van der Waals surface area contributed by atoms with E-state index in [1.807, 2.05) is 54.7 Å². The molecule has 9 nitrogen and oxygen atoms in total. The van der Waals surface area contributed by atoms with Crippen LogP contribution in [0.5, 0.6) is 0 Å². The van der Waals surface area contributed by atoms with E-state index in [1.54, 1.807) is 17.1 Å². The van der Waals surface area contributed by atoms with Crippen molar-refractivity contribution in [3.63, 3.8) is 0 Å². The van der Waals surface area contributed by atoms with Crippen molar-refractivity contribution < 1.29 is 4.79 Å². The lowest BCUT2D eigenvalue weighted by Crippen LogP contribution is -2.17. The second kappa shape index (κ2) is 8.78. The molecule has 4 aromatic rings. The molecule has 9 heteroatoms. The Kier molecular flexibility index (Phi) is 5.89. The molecule has 4 rings (SSSR count). The number of pyridine rings is 2. The van der Waals surface area contributed by atoms with Gasteiger partial charge < -0.3 is 15.0 Å². The van der Waals surface area contributed by atoms with Gasteiger partial charge in [-0.3, -0.25) is 9.08 Å². The third kappa shape index (κ3) is 4.05. The van der Waals surface area contributed by atoms with Gasteiger partial charge in [-0.05, 0) is 41.3 Å². The van der Waals surface area contributed by atoms with Crippen LogP contribution in [0, 0.1) is 5.92 Å². The van der Waals surface area contributed by atoms with Gasteiger partial charge in [-0.15, -0.1) is 10.2 Å². The Hall–Kier alpha value is -3.75. The Morgan fingerprint density at radius 2 is 1.91 bits per heavy atom. The summed E-state index contributed by atoms with van der Waals surface area (Å²) < 4.78 is 3.81. The largest absolute Gasteiger partial charge is 0.364 e. The third-order valence-electron chi connectivity index (χ3n) is 5.63. The van der Waals surface area contributed by atoms with E-state index in [4.69, 9.17) is 0 Å². The molecule has 0 saturated heterocycles. The molecule has 0 bridgehead atoms. The van der Waals surface area contributed by atoms with Crippen molar-refractivity contribution in [1.82, 2.24) is 29.4 Å². The summed E-state index contributed by atoms with van der Waals surface area (Å²) in [6.07, 6.45) is 4.90. The maximum atomic E-state index is 11.3. The summed E-state index contributed by atoms with van der Waals surface area (Å²) in [6.45, 7) is 4.21. The van der Waals surface area contributed by atoms with Crippen molar-refractivity contribution in [2.45, 2.75) is 26.2 Å². The van der Waals surface area contributed by atoms with Crippen LogP contribution in [-0.2, 0) is 11.8 Å². The Bertz CT molecular complexity index is 1240. The minimum absolute atomic E-state index is 0.00247. The Morgan fingerprint density at radius 3 is 2.56 bits per heavy atom. The minimum atomic E-state index is 0.00247. The number of aryl methyl sites for hydroxylation is 1. The smallest absolute Gasteiger partial charge is 0.163 e. The Balaban J connectivity index is 1.79. The quantitative estimate of drug-likeness (QED) is 0.425. The zero-order valence-corrected chi connectivity index (χ0v) is 19.0. The predicted octanol–water partition coefficient (Wildman–Crippen LogP) is 3.66. The molecule has 0 aliphatic rings. The first-order chi connectivity index (χ1) is 15.4. The number of anilines is 3. The molecule has 1 N–H and O–H groups in total. The summed E-state index contributed by atoms with van der Waals surface area (Å²) in [5.74, 6) is 3.62. The van der Waals surface area contributed by atoms with Gasteiger partial charge in [0.2, 0.25) is 0 Å². The van der Waals surface area contributed by atoms with Gasteiger partial charge in [0, 0.05) is 45.7 Å². The molecule has 4 aromatic heterocycles. The number of fused-ring (bicyclic) bond motifs is 1. The minimum Gasteiger partial charge on any atom is -0.364 e. The number of aromatic nitrogens is 6. The lowest BCUT2D eigenvalue weighted by molar-refractivity contribution is -0.108. The molecule has 0 aromatic carbocycles. The fourth-order valence-corrected chi connectivity index (χ4v) is 3.84. The van der Waals surface area contributed by atoms with E-state index in [1.165, 1.54) is 0 Å². The third-order valence-corrected chi connectivity index (χ3v) is 5.63. The van der Waals surface area contributed by atoms with E-state index >= 15 is 0 Å². The van der Waals surface area contributed by atoms with Crippen LogP contribution in [0.15, 0.2) is 42.7 Å². The van der Waals surface area contributed by atoms with Crippen molar-refractivity contribution in [3.8, 4) is 11.1 Å². The number of rotatable bonds is 8. The molecule has 32 heavy (non-hydrogen) atoms. The molecular formula is C23H28N8O. The van der Waals surface area contributed by atoms with Gasteiger partial charge in [-0.25, -0.2) is 4.98 Å². The van der Waals surface area contributed by atoms with E-state index in [0.29, 0.717) is 6.42 Å². The molecule has 0 fully saturated rings. The molecular weight excluding hydrogens is 404 g/mol. The van der Waals surface area contributed by atoms with E-state index in [9.17, 15) is 4.79 Å². The summed E-state index contributed by atoms with van der Waals surface area (Å²) in [6, 6.07) is 10.00. The highest BCUT2D eigenvalue weighted by atomic mass is 16.1. The molecule has 1 atom stereocenters. The Labute approximate surface area is 187 Å². The molecule has 0 saturated carbocycles. The zero-order valence-electron chi connectivity index (χ0n) is 19.0. The molecule has 0 radical (unpaired) electrons. The molecule has 0 aliphatic carbocycles. The number of nitrogens with zero attached hydrogens (tertiary/aromatic N) is 7. The summed E-state index contributed by atoms with van der Waals surface area (Å²) in [5.41, 5.74) is 2.76. The average molecular weight is 433 g/mol. The maximum absolute atomic E-state index is 11.3. The lowest BCUT2D eigenvalue weighted by atomic mass is 9.92. The Morgan fingerprint density at radius 1 is 1.09 bits per heavy atom. The van der Waals surface area contributed by atoms with Gasteiger partial charge >= 0.3 is 0 Å². The van der Waals surface area contributed by atoms with Crippen molar-refractivity contribution in [3.05, 3.63) is 48.5 Å². The van der Waals surface area contributed by atoms with Gasteiger partial charge in [0.15, 0.2) is 5.65 Å². The number of carbonyl (C=O) groups excluding carboxylic acids is 1. The van der Waals surface area contributed by atoms with Gasteiger partial charge in [-0.1, -0.05) is 13.8 Å². The van der Waals surface area contributed by atoms with Gasteiger partial charge in [-0.2, -0.15) is 5.10 Å². The molecule has 0 spiro atoms. The number of carbonyl (C=O) groups is 1. The number of aldehydes is 1. The normalized spacial score (nSPS) is 12.3. The van der Waals surface area contributed by atoms with Crippen LogP contribution in [-0.4, -0.2) is 49.7 Å². The van der Waals surface area contributed by atoms with Gasteiger partial charge in [0.25, 0.3) is 0 Å². The van der Waals surface area contributed by atoms with E-state index < -0.39 is 0 Å². The van der Waals surface area contributed by atoms with Crippen LogP contribution in [0.3, 0.4) is 0 Å². The van der Waals surface area contributed by atoms with Gasteiger partial charge in [0.05, 0.1) is 6.20 Å².